The molecule has 2 aromatic carbocycles. The van der Waals surface area contributed by atoms with Crippen LogP contribution >= 0.6 is 11.3 Å². The molecule has 30 heavy (non-hydrogen) atoms. The van der Waals surface area contributed by atoms with E-state index in [1.165, 1.54) is 34.4 Å². The summed E-state index contributed by atoms with van der Waals surface area (Å²) < 4.78 is 20.0. The molecule has 0 spiro atoms. The lowest BCUT2D eigenvalue weighted by molar-refractivity contribution is 0.0970. The molecule has 0 aliphatic carbocycles. The summed E-state index contributed by atoms with van der Waals surface area (Å²) in [6.07, 6.45) is 1.40. The van der Waals surface area contributed by atoms with Crippen molar-refractivity contribution >= 4 is 27.3 Å². The van der Waals surface area contributed by atoms with Crippen LogP contribution in [0.1, 0.15) is 22.2 Å². The van der Waals surface area contributed by atoms with E-state index in [9.17, 15) is 14.0 Å². The van der Waals surface area contributed by atoms with E-state index in [1.54, 1.807) is 36.4 Å². The Hall–Kier alpha value is -3.32. The van der Waals surface area contributed by atoms with Crippen LogP contribution < -0.4 is 10.3 Å². The molecule has 0 bridgehead atoms. The quantitative estimate of drug-likeness (QED) is 0.417. The first-order chi connectivity index (χ1) is 14.5. The fourth-order valence-electron chi connectivity index (χ4n) is 3.36. The molecule has 0 saturated heterocycles. The molecular formula is C23H19FN2O3S. The Morgan fingerprint density at radius 2 is 1.83 bits per heavy atom. The third-order valence-electron chi connectivity index (χ3n) is 4.79. The van der Waals surface area contributed by atoms with Gasteiger partial charge < -0.3 is 4.74 Å². The van der Waals surface area contributed by atoms with Gasteiger partial charge in [0.15, 0.2) is 5.78 Å². The van der Waals surface area contributed by atoms with Gasteiger partial charge in [-0.25, -0.2) is 9.37 Å². The molecule has 0 aliphatic rings. The smallest absolute Gasteiger partial charge is 0.263 e. The Morgan fingerprint density at radius 1 is 1.13 bits per heavy atom. The minimum Gasteiger partial charge on any atom is -0.494 e. The van der Waals surface area contributed by atoms with Gasteiger partial charge >= 0.3 is 0 Å². The second-order valence-corrected chi connectivity index (χ2v) is 7.98. The van der Waals surface area contributed by atoms with E-state index < -0.39 is 0 Å². The fourth-order valence-corrected chi connectivity index (χ4v) is 4.37. The van der Waals surface area contributed by atoms with Gasteiger partial charge in [-0.1, -0.05) is 12.1 Å². The zero-order valence-electron chi connectivity index (χ0n) is 16.5. The number of halogens is 1. The number of hydrogen-bond acceptors (Lipinski definition) is 5. The summed E-state index contributed by atoms with van der Waals surface area (Å²) in [5.74, 6) is 0.149. The van der Waals surface area contributed by atoms with Crippen LogP contribution in [0.25, 0.3) is 21.3 Å². The highest BCUT2D eigenvalue weighted by atomic mass is 32.1. The van der Waals surface area contributed by atoms with Gasteiger partial charge in [-0.2, -0.15) is 0 Å². The zero-order chi connectivity index (χ0) is 21.3. The number of aromatic nitrogens is 2. The van der Waals surface area contributed by atoms with E-state index in [4.69, 9.17) is 4.74 Å². The standard InChI is InChI=1S/C23H19FN2O3S/c1-3-29-18-10-6-15(7-11-18)19(27)12-26-13-25-22-21(23(26)28)20(14(2)30-22)16-4-8-17(24)9-5-16/h4-11,13H,3,12H2,1-2H3. The fraction of sp³-hybridized carbons (Fsp3) is 0.174. The van der Waals surface area contributed by atoms with Crippen LogP contribution in [0.3, 0.4) is 0 Å². The van der Waals surface area contributed by atoms with Crippen LogP contribution in [-0.2, 0) is 6.54 Å². The minimum absolute atomic E-state index is 0.118. The predicted octanol–water partition coefficient (Wildman–Crippen LogP) is 4.85. The molecule has 4 rings (SSSR count). The number of fused-ring (bicyclic) bond motifs is 1. The molecule has 152 valence electrons. The summed E-state index contributed by atoms with van der Waals surface area (Å²) in [7, 11) is 0. The van der Waals surface area contributed by atoms with Crippen molar-refractivity contribution in [2.24, 2.45) is 0 Å². The number of hydrogen-bond donors (Lipinski definition) is 0. The van der Waals surface area contributed by atoms with E-state index in [0.29, 0.717) is 28.1 Å². The normalized spacial score (nSPS) is 11.0. The van der Waals surface area contributed by atoms with Crippen LogP contribution in [0.15, 0.2) is 59.7 Å². The summed E-state index contributed by atoms with van der Waals surface area (Å²) in [5, 5.41) is 0.450. The molecule has 4 aromatic rings. The number of ketones is 1. The van der Waals surface area contributed by atoms with Gasteiger partial charge in [0.1, 0.15) is 16.4 Å². The SMILES string of the molecule is CCOc1ccc(C(=O)Cn2cnc3sc(C)c(-c4ccc(F)cc4)c3c2=O)cc1. The van der Waals surface area contributed by atoms with Gasteiger partial charge in [-0.05, 0) is 55.8 Å². The topological polar surface area (TPSA) is 61.2 Å². The average molecular weight is 422 g/mol. The Morgan fingerprint density at radius 3 is 2.50 bits per heavy atom. The number of carbonyl (C=O) groups is 1. The third-order valence-corrected chi connectivity index (χ3v) is 5.80. The average Bonchev–Trinajstić information content (AvgIpc) is 3.08. The van der Waals surface area contributed by atoms with E-state index >= 15 is 0 Å². The summed E-state index contributed by atoms with van der Waals surface area (Å²) in [6.45, 7) is 4.22. The molecule has 0 N–H and O–H groups in total. The van der Waals surface area contributed by atoms with Gasteiger partial charge in [0.25, 0.3) is 5.56 Å². The first kappa shape index (κ1) is 20.0. The van der Waals surface area contributed by atoms with Crippen LogP contribution in [0.2, 0.25) is 0 Å². The molecule has 0 saturated carbocycles. The van der Waals surface area contributed by atoms with Crippen molar-refractivity contribution in [3.05, 3.63) is 81.5 Å². The Balaban J connectivity index is 1.71. The van der Waals surface area contributed by atoms with Crippen molar-refractivity contribution in [1.82, 2.24) is 9.55 Å². The molecule has 0 atom stereocenters. The minimum atomic E-state index is -0.340. The van der Waals surface area contributed by atoms with E-state index in [-0.39, 0.29) is 23.7 Å². The number of aryl methyl sites for hydroxylation is 1. The molecule has 7 heteroatoms. The van der Waals surface area contributed by atoms with E-state index in [1.807, 2.05) is 13.8 Å². The molecule has 5 nitrogen and oxygen atoms in total. The molecule has 0 unspecified atom stereocenters. The number of benzene rings is 2. The number of carbonyl (C=O) groups excluding carboxylic acids is 1. The highest BCUT2D eigenvalue weighted by Crippen LogP contribution is 2.35. The first-order valence-electron chi connectivity index (χ1n) is 9.48. The van der Waals surface area contributed by atoms with Crippen molar-refractivity contribution in [2.45, 2.75) is 20.4 Å². The van der Waals surface area contributed by atoms with Crippen molar-refractivity contribution in [3.63, 3.8) is 0 Å². The Bertz CT molecular complexity index is 1280. The van der Waals surface area contributed by atoms with Crippen molar-refractivity contribution in [1.29, 1.82) is 0 Å². The third kappa shape index (κ3) is 3.76. The van der Waals surface area contributed by atoms with Crippen molar-refractivity contribution in [2.75, 3.05) is 6.61 Å². The maximum atomic E-state index is 13.3. The van der Waals surface area contributed by atoms with Crippen LogP contribution in [0, 0.1) is 12.7 Å². The summed E-state index contributed by atoms with van der Waals surface area (Å²) >= 11 is 1.41. The number of thiophene rings is 1. The van der Waals surface area contributed by atoms with Gasteiger partial charge in [-0.15, -0.1) is 11.3 Å². The van der Waals surface area contributed by atoms with Gasteiger partial charge in [0.05, 0.1) is 24.9 Å². The van der Waals surface area contributed by atoms with Crippen molar-refractivity contribution in [3.8, 4) is 16.9 Å². The second-order valence-electron chi connectivity index (χ2n) is 6.78. The highest BCUT2D eigenvalue weighted by molar-refractivity contribution is 7.19. The van der Waals surface area contributed by atoms with Gasteiger partial charge in [-0.3, -0.25) is 14.2 Å². The maximum absolute atomic E-state index is 13.3. The lowest BCUT2D eigenvalue weighted by Crippen LogP contribution is -2.24. The summed E-state index contributed by atoms with van der Waals surface area (Å²) in [5.41, 5.74) is 1.68. The first-order valence-corrected chi connectivity index (χ1v) is 10.3. The van der Waals surface area contributed by atoms with Crippen molar-refractivity contribution < 1.29 is 13.9 Å². The Kier molecular flexibility index (Phi) is 5.46. The molecule has 2 heterocycles. The number of Topliss-reactive ketones (excluding diaryl/α,β-unsaturated/α-hetero) is 1. The monoisotopic (exact) mass is 422 g/mol. The van der Waals surface area contributed by atoms with Gasteiger partial charge in [0, 0.05) is 16.0 Å². The highest BCUT2D eigenvalue weighted by Gasteiger charge is 2.18. The number of ether oxygens (including phenoxy) is 1. The van der Waals surface area contributed by atoms with E-state index in [0.717, 1.165) is 16.0 Å². The largest absolute Gasteiger partial charge is 0.494 e. The van der Waals surface area contributed by atoms with E-state index in [2.05, 4.69) is 4.98 Å². The summed E-state index contributed by atoms with van der Waals surface area (Å²) in [6, 6.07) is 12.8. The van der Waals surface area contributed by atoms with Crippen LogP contribution in [0.4, 0.5) is 4.39 Å². The predicted molar refractivity (Wildman–Crippen MR) is 116 cm³/mol. The lowest BCUT2D eigenvalue weighted by Gasteiger charge is -2.07. The molecular weight excluding hydrogens is 403 g/mol. The van der Waals surface area contributed by atoms with Crippen LogP contribution in [-0.4, -0.2) is 21.9 Å². The molecule has 0 aliphatic heterocycles. The van der Waals surface area contributed by atoms with Gasteiger partial charge in [0.2, 0.25) is 0 Å². The molecule has 0 fully saturated rings. The number of nitrogens with zero attached hydrogens (tertiary/aromatic N) is 2. The Labute approximate surface area is 176 Å². The summed E-state index contributed by atoms with van der Waals surface area (Å²) in [4.78, 5) is 31.8. The number of rotatable bonds is 6. The zero-order valence-corrected chi connectivity index (χ0v) is 17.3. The molecule has 0 radical (unpaired) electrons. The van der Waals surface area contributed by atoms with Crippen LogP contribution in [0.5, 0.6) is 5.75 Å². The molecule has 2 aromatic heterocycles. The lowest BCUT2D eigenvalue weighted by atomic mass is 10.0. The molecule has 0 amide bonds. The maximum Gasteiger partial charge on any atom is 0.263 e. The second kappa shape index (κ2) is 8.20.